The van der Waals surface area contributed by atoms with E-state index in [0.717, 1.165) is 0 Å². The van der Waals surface area contributed by atoms with Crippen molar-refractivity contribution in [1.29, 1.82) is 0 Å². The van der Waals surface area contributed by atoms with E-state index in [4.69, 9.17) is 14.2 Å². The molecule has 0 aliphatic carbocycles. The van der Waals surface area contributed by atoms with Crippen molar-refractivity contribution in [3.05, 3.63) is 83.7 Å². The molecule has 0 radical (unpaired) electrons. The average molecular weight is 437 g/mol. The lowest BCUT2D eigenvalue weighted by Crippen LogP contribution is -2.20. The highest BCUT2D eigenvalue weighted by Crippen LogP contribution is 2.28. The van der Waals surface area contributed by atoms with Gasteiger partial charge in [-0.1, -0.05) is 0 Å². The van der Waals surface area contributed by atoms with E-state index in [1.165, 1.54) is 68.6 Å². The number of halogens is 1. The summed E-state index contributed by atoms with van der Waals surface area (Å²) in [5.74, 6) is -0.789. The molecule has 8 heteroatoms. The number of ketones is 1. The lowest BCUT2D eigenvalue weighted by Gasteiger charge is -2.12. The number of ether oxygens (including phenoxy) is 3. The third-order valence-electron chi connectivity index (χ3n) is 4.36. The second-order valence-corrected chi connectivity index (χ2v) is 6.68. The number of hydrogen-bond acceptors (Lipinski definition) is 6. The zero-order valence-electron chi connectivity index (χ0n) is 17.4. The molecular formula is C24H20FNO6. The summed E-state index contributed by atoms with van der Waals surface area (Å²) < 4.78 is 29.0. The van der Waals surface area contributed by atoms with Crippen LogP contribution in [0.1, 0.15) is 27.6 Å². The molecule has 3 rings (SSSR count). The number of anilines is 1. The third kappa shape index (κ3) is 5.91. The molecule has 0 heterocycles. The molecule has 0 aliphatic heterocycles. The fourth-order valence-electron chi connectivity index (χ4n) is 2.71. The molecule has 3 aromatic rings. The predicted molar refractivity (Wildman–Crippen MR) is 115 cm³/mol. The molecule has 0 saturated heterocycles. The van der Waals surface area contributed by atoms with Crippen molar-refractivity contribution < 1.29 is 33.0 Å². The van der Waals surface area contributed by atoms with Crippen LogP contribution in [-0.2, 0) is 4.79 Å². The quantitative estimate of drug-likeness (QED) is 0.322. The fraction of sp³-hybridized carbons (Fsp3) is 0.125. The Morgan fingerprint density at radius 3 is 2.16 bits per heavy atom. The molecule has 0 aliphatic rings. The van der Waals surface area contributed by atoms with Crippen molar-refractivity contribution in [3.8, 4) is 17.2 Å². The van der Waals surface area contributed by atoms with Crippen LogP contribution in [0.25, 0.3) is 0 Å². The maximum atomic E-state index is 12.9. The maximum absolute atomic E-state index is 12.9. The normalized spacial score (nSPS) is 10.2. The SMILES string of the molecule is COc1cc(C(=O)Oc2ccc(C(C)=O)cc2)ccc1OCC(=O)Nc1ccc(F)cc1. The van der Waals surface area contributed by atoms with Crippen molar-refractivity contribution >= 4 is 23.3 Å². The van der Waals surface area contributed by atoms with Crippen LogP contribution in [0, 0.1) is 5.82 Å². The van der Waals surface area contributed by atoms with Gasteiger partial charge in [0.2, 0.25) is 0 Å². The highest BCUT2D eigenvalue weighted by molar-refractivity contribution is 5.95. The van der Waals surface area contributed by atoms with E-state index >= 15 is 0 Å². The number of Topliss-reactive ketones (excluding diaryl/α,β-unsaturated/α-hetero) is 1. The van der Waals surface area contributed by atoms with Gasteiger partial charge in [0.05, 0.1) is 12.7 Å². The summed E-state index contributed by atoms with van der Waals surface area (Å²) in [7, 11) is 1.40. The standard InChI is InChI=1S/C24H20FNO6/c1-15(27)16-3-10-20(11-4-16)32-24(29)17-5-12-21(22(13-17)30-2)31-14-23(28)26-19-8-6-18(25)7-9-19/h3-13H,14H2,1-2H3,(H,26,28). The zero-order chi connectivity index (χ0) is 23.1. The van der Waals surface area contributed by atoms with E-state index in [1.807, 2.05) is 0 Å². The molecule has 0 aromatic heterocycles. The largest absolute Gasteiger partial charge is 0.493 e. The first kappa shape index (κ1) is 22.5. The minimum Gasteiger partial charge on any atom is -0.493 e. The third-order valence-corrected chi connectivity index (χ3v) is 4.36. The Hall–Kier alpha value is -4.20. The molecule has 0 fully saturated rings. The van der Waals surface area contributed by atoms with E-state index in [2.05, 4.69) is 5.32 Å². The van der Waals surface area contributed by atoms with Gasteiger partial charge < -0.3 is 19.5 Å². The van der Waals surface area contributed by atoms with Gasteiger partial charge in [-0.25, -0.2) is 9.18 Å². The highest BCUT2D eigenvalue weighted by atomic mass is 19.1. The Labute approximate surface area is 183 Å². The van der Waals surface area contributed by atoms with Crippen molar-refractivity contribution in [2.45, 2.75) is 6.92 Å². The highest BCUT2D eigenvalue weighted by Gasteiger charge is 2.15. The van der Waals surface area contributed by atoms with E-state index in [-0.39, 0.29) is 35.2 Å². The molecule has 0 atom stereocenters. The van der Waals surface area contributed by atoms with Gasteiger partial charge in [-0.05, 0) is 73.7 Å². The number of hydrogen-bond donors (Lipinski definition) is 1. The number of esters is 1. The van der Waals surface area contributed by atoms with Crippen molar-refractivity contribution in [1.82, 2.24) is 0 Å². The van der Waals surface area contributed by atoms with E-state index in [9.17, 15) is 18.8 Å². The van der Waals surface area contributed by atoms with Gasteiger partial charge in [-0.15, -0.1) is 0 Å². The first-order valence-corrected chi connectivity index (χ1v) is 9.55. The van der Waals surface area contributed by atoms with Gasteiger partial charge in [0.15, 0.2) is 23.9 Å². The van der Waals surface area contributed by atoms with Crippen LogP contribution in [0.4, 0.5) is 10.1 Å². The van der Waals surface area contributed by atoms with E-state index in [1.54, 1.807) is 12.1 Å². The van der Waals surface area contributed by atoms with Gasteiger partial charge in [-0.2, -0.15) is 0 Å². The van der Waals surface area contributed by atoms with Gasteiger partial charge in [0.25, 0.3) is 5.91 Å². The molecule has 0 unspecified atom stereocenters. The van der Waals surface area contributed by atoms with Crippen molar-refractivity contribution in [3.63, 3.8) is 0 Å². The Morgan fingerprint density at radius 2 is 1.53 bits per heavy atom. The topological polar surface area (TPSA) is 90.9 Å². The Bertz CT molecular complexity index is 1130. The van der Waals surface area contributed by atoms with E-state index < -0.39 is 17.7 Å². The Morgan fingerprint density at radius 1 is 0.875 bits per heavy atom. The lowest BCUT2D eigenvalue weighted by molar-refractivity contribution is -0.118. The molecule has 7 nitrogen and oxygen atoms in total. The van der Waals surface area contributed by atoms with Gasteiger partial charge in [-0.3, -0.25) is 9.59 Å². The summed E-state index contributed by atoms with van der Waals surface area (Å²) in [5.41, 5.74) is 1.15. The van der Waals surface area contributed by atoms with Crippen LogP contribution in [0.3, 0.4) is 0 Å². The summed E-state index contributed by atoms with van der Waals surface area (Å²) in [6, 6.07) is 15.9. The number of carbonyl (C=O) groups excluding carboxylic acids is 3. The minimum absolute atomic E-state index is 0.0884. The number of rotatable bonds is 8. The number of benzene rings is 3. The monoisotopic (exact) mass is 437 g/mol. The summed E-state index contributed by atoms with van der Waals surface area (Å²) in [6.07, 6.45) is 0. The maximum Gasteiger partial charge on any atom is 0.343 e. The van der Waals surface area contributed by atoms with Crippen LogP contribution >= 0.6 is 0 Å². The van der Waals surface area contributed by atoms with Crippen LogP contribution in [0.15, 0.2) is 66.7 Å². The van der Waals surface area contributed by atoms with Crippen molar-refractivity contribution in [2.75, 3.05) is 19.0 Å². The lowest BCUT2D eigenvalue weighted by atomic mass is 10.1. The van der Waals surface area contributed by atoms with Gasteiger partial charge in [0, 0.05) is 11.3 Å². The molecule has 0 saturated carbocycles. The number of nitrogens with one attached hydrogen (secondary N) is 1. The van der Waals surface area contributed by atoms with Crippen molar-refractivity contribution in [2.24, 2.45) is 0 Å². The molecule has 3 aromatic carbocycles. The zero-order valence-corrected chi connectivity index (χ0v) is 17.4. The molecule has 164 valence electrons. The summed E-state index contributed by atoms with van der Waals surface area (Å²) >= 11 is 0. The van der Waals surface area contributed by atoms with Crippen LogP contribution in [0.2, 0.25) is 0 Å². The average Bonchev–Trinajstić information content (AvgIpc) is 2.79. The molecule has 1 amide bonds. The molecule has 32 heavy (non-hydrogen) atoms. The first-order chi connectivity index (χ1) is 15.4. The van der Waals surface area contributed by atoms with E-state index in [0.29, 0.717) is 11.3 Å². The predicted octanol–water partition coefficient (Wildman–Crippen LogP) is 4.27. The second kappa shape index (κ2) is 10.2. The van der Waals surface area contributed by atoms with Gasteiger partial charge in [0.1, 0.15) is 11.6 Å². The Kier molecular flexibility index (Phi) is 7.17. The minimum atomic E-state index is -0.625. The van der Waals surface area contributed by atoms with Gasteiger partial charge >= 0.3 is 5.97 Å². The van der Waals surface area contributed by atoms with Crippen LogP contribution in [0.5, 0.6) is 17.2 Å². The summed E-state index contributed by atoms with van der Waals surface area (Å²) in [6.45, 7) is 1.13. The summed E-state index contributed by atoms with van der Waals surface area (Å²) in [4.78, 5) is 35.8. The number of methoxy groups -OCH3 is 1. The summed E-state index contributed by atoms with van der Waals surface area (Å²) in [5, 5.41) is 2.58. The number of carbonyl (C=O) groups is 3. The second-order valence-electron chi connectivity index (χ2n) is 6.68. The first-order valence-electron chi connectivity index (χ1n) is 9.55. The fourth-order valence-corrected chi connectivity index (χ4v) is 2.71. The van der Waals surface area contributed by atoms with Crippen LogP contribution < -0.4 is 19.5 Å². The van der Waals surface area contributed by atoms with Crippen LogP contribution in [-0.4, -0.2) is 31.4 Å². The smallest absolute Gasteiger partial charge is 0.343 e. The molecule has 0 spiro atoms. The Balaban J connectivity index is 1.61. The molecule has 0 bridgehead atoms. The molecule has 1 N–H and O–H groups in total. The number of amides is 1. The molecular weight excluding hydrogens is 417 g/mol.